The average molecular weight is 605 g/mol. The van der Waals surface area contributed by atoms with Crippen molar-refractivity contribution in [2.24, 2.45) is 5.92 Å². The Bertz CT molecular complexity index is 1360. The summed E-state index contributed by atoms with van der Waals surface area (Å²) in [6.07, 6.45) is -1.72. The fourth-order valence-corrected chi connectivity index (χ4v) is 5.76. The lowest BCUT2D eigenvalue weighted by Crippen LogP contribution is -2.40. The van der Waals surface area contributed by atoms with E-state index in [1.165, 1.54) is 0 Å². The summed E-state index contributed by atoms with van der Waals surface area (Å²) in [5, 5.41) is 10.9. The number of hydrogen-bond donors (Lipinski definition) is 1. The van der Waals surface area contributed by atoms with E-state index < -0.39 is 24.1 Å². The van der Waals surface area contributed by atoms with Crippen LogP contribution in [0.4, 0.5) is 0 Å². The quantitative estimate of drug-likeness (QED) is 0.181. The lowest BCUT2D eigenvalue weighted by Gasteiger charge is -2.38. The number of methoxy groups -OCH3 is 3. The van der Waals surface area contributed by atoms with Crippen LogP contribution in [0.2, 0.25) is 5.02 Å². The summed E-state index contributed by atoms with van der Waals surface area (Å²) < 4.78 is 36.3. The molecule has 0 amide bonds. The zero-order valence-electron chi connectivity index (χ0n) is 24.5. The molecule has 4 aromatic rings. The first-order valence-corrected chi connectivity index (χ1v) is 14.5. The van der Waals surface area contributed by atoms with Gasteiger partial charge in [0.25, 0.3) is 0 Å². The van der Waals surface area contributed by atoms with Crippen LogP contribution in [-0.2, 0) is 31.2 Å². The molecule has 1 aliphatic rings. The highest BCUT2D eigenvalue weighted by Gasteiger charge is 2.48. The molecular weight excluding hydrogens is 568 g/mol. The van der Waals surface area contributed by atoms with E-state index in [0.29, 0.717) is 11.6 Å². The molecule has 4 atom stereocenters. The average Bonchev–Trinajstić information content (AvgIpc) is 3.42. The van der Waals surface area contributed by atoms with Gasteiger partial charge >= 0.3 is 0 Å². The van der Waals surface area contributed by atoms with Crippen molar-refractivity contribution in [2.75, 3.05) is 34.5 Å². The van der Waals surface area contributed by atoms with Crippen LogP contribution in [0.3, 0.4) is 0 Å². The van der Waals surface area contributed by atoms with E-state index in [1.54, 1.807) is 21.3 Å². The fourth-order valence-electron chi connectivity index (χ4n) is 5.63. The van der Waals surface area contributed by atoms with Gasteiger partial charge in [0, 0.05) is 12.1 Å². The van der Waals surface area contributed by atoms with E-state index in [1.807, 2.05) is 91.0 Å². The molecule has 5 rings (SSSR count). The minimum atomic E-state index is -1.02. The Balaban J connectivity index is 1.54. The molecule has 1 heterocycles. The Labute approximate surface area is 257 Å². The predicted octanol–water partition coefficient (Wildman–Crippen LogP) is 6.23. The third-order valence-electron chi connectivity index (χ3n) is 7.88. The number of halogens is 1. The number of ether oxygens (including phenoxy) is 6. The third kappa shape index (κ3) is 6.73. The number of hydrogen-bond acceptors (Lipinski definition) is 7. The molecule has 0 bridgehead atoms. The van der Waals surface area contributed by atoms with Crippen LogP contribution in [0, 0.1) is 5.92 Å². The summed E-state index contributed by atoms with van der Waals surface area (Å²) in [5.74, 6) is 1.13. The molecule has 1 fully saturated rings. The van der Waals surface area contributed by atoms with Crippen molar-refractivity contribution in [1.82, 2.24) is 0 Å². The molecule has 8 heteroatoms. The van der Waals surface area contributed by atoms with E-state index in [-0.39, 0.29) is 19.1 Å². The summed E-state index contributed by atoms with van der Waals surface area (Å²) >= 11 is 6.07. The topological polar surface area (TPSA) is 75.6 Å². The van der Waals surface area contributed by atoms with Crippen molar-refractivity contribution in [1.29, 1.82) is 0 Å². The molecule has 1 aliphatic heterocycles. The van der Waals surface area contributed by atoms with E-state index >= 15 is 0 Å². The van der Waals surface area contributed by atoms with Gasteiger partial charge in [0.15, 0.2) is 6.29 Å². The van der Waals surface area contributed by atoms with E-state index in [4.69, 9.17) is 40.0 Å². The number of rotatable bonds is 13. The molecule has 0 spiro atoms. The molecule has 226 valence electrons. The van der Waals surface area contributed by atoms with Crippen LogP contribution in [0.25, 0.3) is 0 Å². The van der Waals surface area contributed by atoms with Crippen molar-refractivity contribution in [3.05, 3.63) is 130 Å². The molecule has 1 N–H and O–H groups in total. The summed E-state index contributed by atoms with van der Waals surface area (Å²) in [4.78, 5) is 0. The summed E-state index contributed by atoms with van der Waals surface area (Å²) in [6, 6.07) is 33.3. The highest BCUT2D eigenvalue weighted by atomic mass is 35.5. The monoisotopic (exact) mass is 604 g/mol. The summed E-state index contributed by atoms with van der Waals surface area (Å²) in [5.41, 5.74) is 2.70. The van der Waals surface area contributed by atoms with E-state index in [9.17, 15) is 5.11 Å². The van der Waals surface area contributed by atoms with Gasteiger partial charge in [0.05, 0.1) is 46.1 Å². The van der Waals surface area contributed by atoms with Crippen molar-refractivity contribution in [3.63, 3.8) is 0 Å². The molecule has 0 saturated carbocycles. The maximum Gasteiger partial charge on any atom is 0.165 e. The SMILES string of the molecule is COc1ccc(C(OC[C@H]2[C@@H](OC)O[C@H](CO)[C@H]2OCc2ccc(Cl)cc2)(c2ccccc2)c2ccc(OC)cc2)cc1. The normalized spacial score (nSPS) is 20.2. The Morgan fingerprint density at radius 2 is 1.30 bits per heavy atom. The largest absolute Gasteiger partial charge is 0.497 e. The van der Waals surface area contributed by atoms with Crippen LogP contribution in [-0.4, -0.2) is 58.1 Å². The molecule has 0 unspecified atom stereocenters. The molecular formula is C35H37ClO7. The first-order chi connectivity index (χ1) is 21.0. The maximum absolute atomic E-state index is 10.2. The fraction of sp³-hybridized carbons (Fsp3) is 0.314. The van der Waals surface area contributed by atoms with Crippen molar-refractivity contribution >= 4 is 11.6 Å². The second kappa shape index (κ2) is 14.4. The predicted molar refractivity (Wildman–Crippen MR) is 165 cm³/mol. The van der Waals surface area contributed by atoms with Crippen molar-refractivity contribution in [2.45, 2.75) is 30.7 Å². The Morgan fingerprint density at radius 1 is 0.744 bits per heavy atom. The maximum atomic E-state index is 10.2. The van der Waals surface area contributed by atoms with Gasteiger partial charge in [0.1, 0.15) is 23.2 Å². The first-order valence-electron chi connectivity index (χ1n) is 14.2. The van der Waals surface area contributed by atoms with Gasteiger partial charge in [-0.2, -0.15) is 0 Å². The molecule has 4 aromatic carbocycles. The smallest absolute Gasteiger partial charge is 0.165 e. The van der Waals surface area contributed by atoms with Crippen molar-refractivity contribution < 1.29 is 33.5 Å². The molecule has 0 aliphatic carbocycles. The highest BCUT2D eigenvalue weighted by molar-refractivity contribution is 6.30. The second-order valence-electron chi connectivity index (χ2n) is 10.3. The van der Waals surface area contributed by atoms with Crippen LogP contribution in [0.5, 0.6) is 11.5 Å². The zero-order chi connectivity index (χ0) is 30.2. The molecule has 7 nitrogen and oxygen atoms in total. The molecule has 43 heavy (non-hydrogen) atoms. The highest BCUT2D eigenvalue weighted by Crippen LogP contribution is 2.43. The standard InChI is InChI=1S/C35H37ClO7/c1-38-29-17-11-26(12-18-29)35(25-7-5-4-6-8-25,27-13-19-30(39-2)20-14-27)42-23-31-33(32(21-37)43-34(31)40-3)41-22-24-9-15-28(36)16-10-24/h4-20,31-34,37H,21-23H2,1-3H3/t31-,32-,33+,34+/m1/s1. The lowest BCUT2D eigenvalue weighted by molar-refractivity contribution is -0.151. The lowest BCUT2D eigenvalue weighted by atomic mass is 9.79. The van der Waals surface area contributed by atoms with Crippen LogP contribution in [0.1, 0.15) is 22.3 Å². The number of aliphatic hydroxyl groups excluding tert-OH is 1. The number of benzene rings is 4. The van der Waals surface area contributed by atoms with Gasteiger partial charge < -0.3 is 33.5 Å². The van der Waals surface area contributed by atoms with Gasteiger partial charge in [-0.05, 0) is 58.7 Å². The Morgan fingerprint density at radius 3 is 1.81 bits per heavy atom. The van der Waals surface area contributed by atoms with Gasteiger partial charge in [-0.25, -0.2) is 0 Å². The molecule has 0 aromatic heterocycles. The van der Waals surface area contributed by atoms with Gasteiger partial charge in [0.2, 0.25) is 0 Å². The molecule has 1 saturated heterocycles. The minimum Gasteiger partial charge on any atom is -0.497 e. The van der Waals surface area contributed by atoms with E-state index in [0.717, 1.165) is 33.8 Å². The Kier molecular flexibility index (Phi) is 10.4. The van der Waals surface area contributed by atoms with Gasteiger partial charge in [-0.1, -0.05) is 78.3 Å². The second-order valence-corrected chi connectivity index (χ2v) is 10.8. The van der Waals surface area contributed by atoms with Crippen molar-refractivity contribution in [3.8, 4) is 11.5 Å². The van der Waals surface area contributed by atoms with Crippen LogP contribution < -0.4 is 9.47 Å². The summed E-state index contributed by atoms with van der Waals surface area (Å²) in [6.45, 7) is 0.297. The van der Waals surface area contributed by atoms with Gasteiger partial charge in [-0.3, -0.25) is 0 Å². The summed E-state index contributed by atoms with van der Waals surface area (Å²) in [7, 11) is 4.88. The minimum absolute atomic E-state index is 0.202. The van der Waals surface area contributed by atoms with Crippen LogP contribution in [0.15, 0.2) is 103 Å². The third-order valence-corrected chi connectivity index (χ3v) is 8.13. The Hall–Kier alpha value is -3.43. The van der Waals surface area contributed by atoms with Crippen LogP contribution >= 0.6 is 11.6 Å². The first kappa shape index (κ1) is 31.0. The van der Waals surface area contributed by atoms with E-state index in [2.05, 4.69) is 12.1 Å². The zero-order valence-corrected chi connectivity index (χ0v) is 25.3. The molecule has 0 radical (unpaired) electrons. The van der Waals surface area contributed by atoms with Gasteiger partial charge in [-0.15, -0.1) is 0 Å². The number of aliphatic hydroxyl groups is 1.